The van der Waals surface area contributed by atoms with Gasteiger partial charge in [0.15, 0.2) is 0 Å². The number of rotatable bonds is 1. The van der Waals surface area contributed by atoms with Crippen molar-refractivity contribution >= 4 is 28.6 Å². The van der Waals surface area contributed by atoms with Crippen molar-refractivity contribution in [2.75, 3.05) is 0 Å². The van der Waals surface area contributed by atoms with Crippen LogP contribution >= 0.6 is 22.6 Å². The molecule has 4 nitrogen and oxygen atoms in total. The van der Waals surface area contributed by atoms with Crippen LogP contribution in [0, 0.1) is 10.6 Å². The number of aromatic carboxylic acids is 1. The molecular weight excluding hydrogens is 247 g/mol. The molecule has 0 unspecified atom stereocenters. The first-order valence-electron chi connectivity index (χ1n) is 2.56. The maximum atomic E-state index is 10.4. The Morgan fingerprint density at radius 3 is 2.60 bits per heavy atom. The molecule has 0 aliphatic carbocycles. The average Bonchev–Trinajstić information content (AvgIpc) is 2.11. The number of carbonyl (C=O) groups is 1. The number of hydrogen-bond donors (Lipinski definition) is 2. The Hall–Kier alpha value is -0.590. The van der Waals surface area contributed by atoms with Gasteiger partial charge in [-0.05, 0) is 29.5 Å². The predicted octanol–water partition coefficient (Wildman–Crippen LogP) is 1.02. The Morgan fingerprint density at radius 1 is 1.80 bits per heavy atom. The lowest BCUT2D eigenvalue weighted by Gasteiger charge is -1.88. The predicted molar refractivity (Wildman–Crippen MR) is 43.0 cm³/mol. The average molecular weight is 252 g/mol. The summed E-state index contributed by atoms with van der Waals surface area (Å²) < 4.78 is 0.502. The lowest BCUT2D eigenvalue weighted by atomic mass is 10.3. The van der Waals surface area contributed by atoms with Crippen LogP contribution in [0.25, 0.3) is 0 Å². The first-order valence-corrected chi connectivity index (χ1v) is 3.64. The second-order valence-corrected chi connectivity index (χ2v) is 2.84. The van der Waals surface area contributed by atoms with Crippen molar-refractivity contribution < 1.29 is 9.90 Å². The fraction of sp³-hybridized carbons (Fsp3) is 0.200. The molecule has 0 saturated carbocycles. The van der Waals surface area contributed by atoms with Crippen LogP contribution in [0.4, 0.5) is 0 Å². The third kappa shape index (κ3) is 1.13. The molecule has 54 valence electrons. The fourth-order valence-corrected chi connectivity index (χ4v) is 1.40. The summed E-state index contributed by atoms with van der Waals surface area (Å²) in [4.78, 5) is 10.4. The quantitative estimate of drug-likeness (QED) is 0.733. The third-order valence-corrected chi connectivity index (χ3v) is 1.90. The van der Waals surface area contributed by atoms with E-state index in [9.17, 15) is 4.79 Å². The van der Waals surface area contributed by atoms with Gasteiger partial charge in [0.1, 0.15) is 9.26 Å². The molecule has 0 aliphatic rings. The molecule has 1 heterocycles. The van der Waals surface area contributed by atoms with Crippen LogP contribution in [0.15, 0.2) is 0 Å². The summed E-state index contributed by atoms with van der Waals surface area (Å²) in [5.41, 5.74) is 0.859. The zero-order valence-corrected chi connectivity index (χ0v) is 7.34. The van der Waals surface area contributed by atoms with Gasteiger partial charge < -0.3 is 5.11 Å². The maximum absolute atomic E-state index is 10.4. The Bertz CT molecular complexity index is 249. The van der Waals surface area contributed by atoms with Gasteiger partial charge in [0.25, 0.3) is 0 Å². The van der Waals surface area contributed by atoms with Crippen molar-refractivity contribution in [3.05, 3.63) is 15.0 Å². The Labute approximate surface area is 70.8 Å². The van der Waals surface area contributed by atoms with Gasteiger partial charge in [-0.3, -0.25) is 5.10 Å². The summed E-state index contributed by atoms with van der Waals surface area (Å²) in [6.45, 7) is 1.68. The molecule has 1 aromatic rings. The first-order chi connectivity index (χ1) is 4.63. The Balaban J connectivity index is 3.23. The van der Waals surface area contributed by atoms with E-state index in [1.165, 1.54) is 0 Å². The van der Waals surface area contributed by atoms with Gasteiger partial charge in [0.05, 0.1) is 0 Å². The summed E-state index contributed by atoms with van der Waals surface area (Å²) in [6, 6.07) is 0. The standard InChI is InChI=1S/C5H5IN2O2/c1-2-3(5(9)10)4(6)8-7-2/h1H3,(H,7,8)(H,9,10). The van der Waals surface area contributed by atoms with Crippen LogP contribution in [0.3, 0.4) is 0 Å². The maximum Gasteiger partial charge on any atom is 0.340 e. The molecule has 1 rings (SSSR count). The molecule has 0 aromatic carbocycles. The molecule has 1 aromatic heterocycles. The third-order valence-electron chi connectivity index (χ3n) is 1.12. The van der Waals surface area contributed by atoms with Crippen LogP contribution < -0.4 is 0 Å². The van der Waals surface area contributed by atoms with E-state index in [1.54, 1.807) is 6.92 Å². The molecule has 0 fully saturated rings. The Morgan fingerprint density at radius 2 is 2.40 bits per heavy atom. The van der Waals surface area contributed by atoms with E-state index < -0.39 is 5.97 Å². The molecule has 0 bridgehead atoms. The largest absolute Gasteiger partial charge is 0.478 e. The van der Waals surface area contributed by atoms with Crippen LogP contribution in [0.2, 0.25) is 0 Å². The number of halogens is 1. The van der Waals surface area contributed by atoms with Crippen molar-refractivity contribution in [1.82, 2.24) is 10.2 Å². The van der Waals surface area contributed by atoms with Crippen LogP contribution in [-0.4, -0.2) is 21.3 Å². The second kappa shape index (κ2) is 2.57. The summed E-state index contributed by atoms with van der Waals surface area (Å²) in [7, 11) is 0. The van der Waals surface area contributed by atoms with Crippen LogP contribution in [-0.2, 0) is 0 Å². The monoisotopic (exact) mass is 252 g/mol. The highest BCUT2D eigenvalue weighted by Crippen LogP contribution is 2.11. The highest BCUT2D eigenvalue weighted by Gasteiger charge is 2.13. The number of aromatic nitrogens is 2. The van der Waals surface area contributed by atoms with Crippen molar-refractivity contribution in [3.63, 3.8) is 0 Å². The molecule has 0 atom stereocenters. The second-order valence-electron chi connectivity index (χ2n) is 1.82. The van der Waals surface area contributed by atoms with Gasteiger partial charge in [0, 0.05) is 5.69 Å². The van der Waals surface area contributed by atoms with Gasteiger partial charge in [0.2, 0.25) is 0 Å². The number of carboxylic acid groups (broad SMARTS) is 1. The van der Waals surface area contributed by atoms with Gasteiger partial charge in [-0.1, -0.05) is 0 Å². The van der Waals surface area contributed by atoms with E-state index in [-0.39, 0.29) is 5.56 Å². The number of nitrogens with one attached hydrogen (secondary N) is 1. The minimum atomic E-state index is -0.935. The topological polar surface area (TPSA) is 66.0 Å². The van der Waals surface area contributed by atoms with Gasteiger partial charge in [-0.25, -0.2) is 4.79 Å². The van der Waals surface area contributed by atoms with E-state index in [0.717, 1.165) is 0 Å². The smallest absolute Gasteiger partial charge is 0.340 e. The molecular formula is C5H5IN2O2. The number of aromatic amines is 1. The molecule has 5 heteroatoms. The lowest BCUT2D eigenvalue weighted by Crippen LogP contribution is -1.98. The number of carboxylic acids is 1. The summed E-state index contributed by atoms with van der Waals surface area (Å²) in [5, 5.41) is 14.9. The summed E-state index contributed by atoms with van der Waals surface area (Å²) in [5.74, 6) is -0.935. The van der Waals surface area contributed by atoms with Crippen molar-refractivity contribution in [1.29, 1.82) is 0 Å². The SMILES string of the molecule is Cc1[nH]nc(I)c1C(=O)O. The van der Waals surface area contributed by atoms with Crippen molar-refractivity contribution in [2.45, 2.75) is 6.92 Å². The van der Waals surface area contributed by atoms with Gasteiger partial charge in [-0.15, -0.1) is 0 Å². The van der Waals surface area contributed by atoms with Gasteiger partial charge >= 0.3 is 5.97 Å². The Kier molecular flexibility index (Phi) is 1.93. The number of H-pyrrole nitrogens is 1. The number of nitrogens with zero attached hydrogens (tertiary/aromatic N) is 1. The van der Waals surface area contributed by atoms with E-state index >= 15 is 0 Å². The first kappa shape index (κ1) is 7.52. The van der Waals surface area contributed by atoms with Crippen molar-refractivity contribution in [3.8, 4) is 0 Å². The lowest BCUT2D eigenvalue weighted by molar-refractivity contribution is 0.0695. The molecule has 0 spiro atoms. The van der Waals surface area contributed by atoms with E-state index in [1.807, 2.05) is 22.6 Å². The van der Waals surface area contributed by atoms with Crippen LogP contribution in [0.5, 0.6) is 0 Å². The molecule has 10 heavy (non-hydrogen) atoms. The van der Waals surface area contributed by atoms with Crippen molar-refractivity contribution in [2.24, 2.45) is 0 Å². The number of aryl methyl sites for hydroxylation is 1. The molecule has 0 saturated heterocycles. The van der Waals surface area contributed by atoms with E-state index in [0.29, 0.717) is 9.39 Å². The van der Waals surface area contributed by atoms with Crippen LogP contribution in [0.1, 0.15) is 16.1 Å². The number of hydrogen-bond acceptors (Lipinski definition) is 2. The molecule has 0 radical (unpaired) electrons. The zero-order valence-electron chi connectivity index (χ0n) is 5.18. The van der Waals surface area contributed by atoms with E-state index in [4.69, 9.17) is 5.11 Å². The minimum absolute atomic E-state index is 0.264. The highest BCUT2D eigenvalue weighted by molar-refractivity contribution is 14.1. The normalized spacial score (nSPS) is 9.80. The van der Waals surface area contributed by atoms with Gasteiger partial charge in [-0.2, -0.15) is 5.10 Å². The summed E-state index contributed by atoms with van der Waals surface area (Å²) in [6.07, 6.45) is 0. The summed E-state index contributed by atoms with van der Waals surface area (Å²) >= 11 is 1.87. The zero-order chi connectivity index (χ0) is 7.72. The highest BCUT2D eigenvalue weighted by atomic mass is 127. The molecule has 2 N–H and O–H groups in total. The minimum Gasteiger partial charge on any atom is -0.478 e. The van der Waals surface area contributed by atoms with E-state index in [2.05, 4.69) is 10.2 Å². The molecule has 0 aliphatic heterocycles. The molecule has 0 amide bonds. The fourth-order valence-electron chi connectivity index (χ4n) is 0.648.